The summed E-state index contributed by atoms with van der Waals surface area (Å²) in [6, 6.07) is 13.2. The van der Waals surface area contributed by atoms with E-state index in [4.69, 9.17) is 4.42 Å². The van der Waals surface area contributed by atoms with E-state index >= 15 is 0 Å². The van der Waals surface area contributed by atoms with Crippen molar-refractivity contribution >= 4 is 11.6 Å². The topological polar surface area (TPSA) is 68.0 Å². The number of hydrogen-bond donors (Lipinski definition) is 1. The van der Waals surface area contributed by atoms with Crippen LogP contribution in [0, 0.1) is 6.92 Å². The SMILES string of the molecule is Cc1oc(-c2ccccc2)nc1CC(=O)Nc1cccnc1. The number of pyridine rings is 1. The van der Waals surface area contributed by atoms with E-state index in [2.05, 4.69) is 15.3 Å². The molecule has 2 aromatic heterocycles. The fourth-order valence-corrected chi connectivity index (χ4v) is 2.09. The zero-order valence-corrected chi connectivity index (χ0v) is 12.1. The van der Waals surface area contributed by atoms with Crippen molar-refractivity contribution in [1.82, 2.24) is 9.97 Å². The highest BCUT2D eigenvalue weighted by atomic mass is 16.4. The maximum absolute atomic E-state index is 12.1. The van der Waals surface area contributed by atoms with Gasteiger partial charge in [-0.2, -0.15) is 0 Å². The van der Waals surface area contributed by atoms with E-state index in [0.717, 1.165) is 5.56 Å². The highest BCUT2D eigenvalue weighted by Crippen LogP contribution is 2.21. The summed E-state index contributed by atoms with van der Waals surface area (Å²) in [5, 5.41) is 2.78. The first-order valence-corrected chi connectivity index (χ1v) is 6.94. The molecule has 0 saturated heterocycles. The van der Waals surface area contributed by atoms with Crippen molar-refractivity contribution < 1.29 is 9.21 Å². The minimum atomic E-state index is -0.149. The van der Waals surface area contributed by atoms with Crippen LogP contribution in [0.1, 0.15) is 11.5 Å². The molecule has 5 nitrogen and oxygen atoms in total. The number of amides is 1. The number of nitrogens with zero attached hydrogens (tertiary/aromatic N) is 2. The van der Waals surface area contributed by atoms with Gasteiger partial charge in [0.1, 0.15) is 5.76 Å². The van der Waals surface area contributed by atoms with E-state index in [0.29, 0.717) is 23.0 Å². The number of carbonyl (C=O) groups is 1. The lowest BCUT2D eigenvalue weighted by Crippen LogP contribution is -2.15. The van der Waals surface area contributed by atoms with Crippen molar-refractivity contribution in [3.63, 3.8) is 0 Å². The second-order valence-electron chi connectivity index (χ2n) is 4.85. The number of aryl methyl sites for hydroxylation is 1. The van der Waals surface area contributed by atoms with Gasteiger partial charge in [-0.25, -0.2) is 4.98 Å². The average molecular weight is 293 g/mol. The molecule has 1 N–H and O–H groups in total. The van der Waals surface area contributed by atoms with Gasteiger partial charge < -0.3 is 9.73 Å². The second-order valence-corrected chi connectivity index (χ2v) is 4.85. The summed E-state index contributed by atoms with van der Waals surface area (Å²) >= 11 is 0. The number of oxazole rings is 1. The van der Waals surface area contributed by atoms with Gasteiger partial charge in [0, 0.05) is 11.8 Å². The lowest BCUT2D eigenvalue weighted by molar-refractivity contribution is -0.115. The van der Waals surface area contributed by atoms with Crippen LogP contribution in [-0.4, -0.2) is 15.9 Å². The third-order valence-electron chi connectivity index (χ3n) is 3.19. The van der Waals surface area contributed by atoms with Crippen molar-refractivity contribution in [1.29, 1.82) is 0 Å². The molecule has 0 unspecified atom stereocenters. The zero-order valence-electron chi connectivity index (χ0n) is 12.1. The average Bonchev–Trinajstić information content (AvgIpc) is 2.90. The lowest BCUT2D eigenvalue weighted by Gasteiger charge is -2.02. The number of rotatable bonds is 4. The molecule has 1 amide bonds. The minimum absolute atomic E-state index is 0.149. The molecule has 0 saturated carbocycles. The van der Waals surface area contributed by atoms with Gasteiger partial charge in [0.25, 0.3) is 0 Å². The van der Waals surface area contributed by atoms with Crippen LogP contribution in [0.25, 0.3) is 11.5 Å². The first-order valence-electron chi connectivity index (χ1n) is 6.94. The summed E-state index contributed by atoms with van der Waals surface area (Å²) in [4.78, 5) is 20.4. The molecule has 0 aliphatic rings. The molecule has 0 bridgehead atoms. The lowest BCUT2D eigenvalue weighted by atomic mass is 10.2. The summed E-state index contributed by atoms with van der Waals surface area (Å²) < 4.78 is 5.65. The van der Waals surface area contributed by atoms with Gasteiger partial charge in [-0.05, 0) is 31.2 Å². The van der Waals surface area contributed by atoms with Gasteiger partial charge in [-0.15, -0.1) is 0 Å². The third-order valence-corrected chi connectivity index (χ3v) is 3.19. The molecule has 0 aliphatic heterocycles. The number of hydrogen-bond acceptors (Lipinski definition) is 4. The molecule has 0 radical (unpaired) electrons. The highest BCUT2D eigenvalue weighted by Gasteiger charge is 2.14. The van der Waals surface area contributed by atoms with Crippen LogP contribution in [0.2, 0.25) is 0 Å². The Kier molecular flexibility index (Phi) is 3.96. The van der Waals surface area contributed by atoms with Crippen LogP contribution in [0.5, 0.6) is 0 Å². The van der Waals surface area contributed by atoms with E-state index in [9.17, 15) is 4.79 Å². The Labute approximate surface area is 128 Å². The zero-order chi connectivity index (χ0) is 15.4. The van der Waals surface area contributed by atoms with Gasteiger partial charge in [-0.1, -0.05) is 18.2 Å². The summed E-state index contributed by atoms with van der Waals surface area (Å²) in [6.45, 7) is 1.81. The first kappa shape index (κ1) is 14.0. The van der Waals surface area contributed by atoms with Crippen LogP contribution < -0.4 is 5.32 Å². The predicted octanol–water partition coefficient (Wildman–Crippen LogP) is 3.23. The molecule has 0 atom stereocenters. The van der Waals surface area contributed by atoms with Crippen LogP contribution in [-0.2, 0) is 11.2 Å². The van der Waals surface area contributed by atoms with Gasteiger partial charge in [-0.3, -0.25) is 9.78 Å². The highest BCUT2D eigenvalue weighted by molar-refractivity contribution is 5.91. The van der Waals surface area contributed by atoms with Gasteiger partial charge in [0.15, 0.2) is 0 Å². The summed E-state index contributed by atoms with van der Waals surface area (Å²) in [5.41, 5.74) is 2.20. The van der Waals surface area contributed by atoms with Crippen molar-refractivity contribution in [2.75, 3.05) is 5.32 Å². The minimum Gasteiger partial charge on any atom is -0.441 e. The molecular formula is C17H15N3O2. The van der Waals surface area contributed by atoms with E-state index in [-0.39, 0.29) is 12.3 Å². The molecule has 3 rings (SSSR count). The Hall–Kier alpha value is -2.95. The van der Waals surface area contributed by atoms with Crippen LogP contribution in [0.4, 0.5) is 5.69 Å². The molecule has 0 fully saturated rings. The van der Waals surface area contributed by atoms with E-state index in [1.807, 2.05) is 37.3 Å². The number of carbonyl (C=O) groups excluding carboxylic acids is 1. The van der Waals surface area contributed by atoms with Gasteiger partial charge >= 0.3 is 0 Å². The Morgan fingerprint density at radius 1 is 1.18 bits per heavy atom. The molecule has 1 aromatic carbocycles. The predicted molar refractivity (Wildman–Crippen MR) is 83.2 cm³/mol. The maximum Gasteiger partial charge on any atom is 0.230 e. The van der Waals surface area contributed by atoms with Crippen molar-refractivity contribution in [3.05, 3.63) is 66.3 Å². The quantitative estimate of drug-likeness (QED) is 0.802. The van der Waals surface area contributed by atoms with Gasteiger partial charge in [0.2, 0.25) is 11.8 Å². The molecule has 110 valence electrons. The molecule has 5 heteroatoms. The van der Waals surface area contributed by atoms with Crippen LogP contribution in [0.3, 0.4) is 0 Å². The molecule has 3 aromatic rings. The fourth-order valence-electron chi connectivity index (χ4n) is 2.09. The van der Waals surface area contributed by atoms with Crippen LogP contribution in [0.15, 0.2) is 59.3 Å². The largest absolute Gasteiger partial charge is 0.441 e. The number of aromatic nitrogens is 2. The number of anilines is 1. The summed E-state index contributed by atoms with van der Waals surface area (Å²) in [7, 11) is 0. The van der Waals surface area contributed by atoms with Gasteiger partial charge in [0.05, 0.1) is 24.0 Å². The van der Waals surface area contributed by atoms with E-state index in [1.165, 1.54) is 0 Å². The fraction of sp³-hybridized carbons (Fsp3) is 0.118. The number of nitrogens with one attached hydrogen (secondary N) is 1. The van der Waals surface area contributed by atoms with Crippen molar-refractivity contribution in [2.24, 2.45) is 0 Å². The Bertz CT molecular complexity index is 767. The van der Waals surface area contributed by atoms with E-state index < -0.39 is 0 Å². The maximum atomic E-state index is 12.1. The summed E-state index contributed by atoms with van der Waals surface area (Å²) in [5.74, 6) is 1.03. The first-order chi connectivity index (χ1) is 10.7. The second kappa shape index (κ2) is 6.22. The Morgan fingerprint density at radius 2 is 2.00 bits per heavy atom. The van der Waals surface area contributed by atoms with Crippen LogP contribution >= 0.6 is 0 Å². The monoisotopic (exact) mass is 293 g/mol. The Balaban J connectivity index is 1.73. The molecular weight excluding hydrogens is 278 g/mol. The smallest absolute Gasteiger partial charge is 0.230 e. The van der Waals surface area contributed by atoms with E-state index in [1.54, 1.807) is 24.5 Å². The third kappa shape index (κ3) is 3.20. The molecule has 0 aliphatic carbocycles. The normalized spacial score (nSPS) is 10.4. The molecule has 22 heavy (non-hydrogen) atoms. The standard InChI is InChI=1S/C17H15N3O2/c1-12-15(10-16(21)19-14-8-5-9-18-11-14)20-17(22-12)13-6-3-2-4-7-13/h2-9,11H,10H2,1H3,(H,19,21). The summed E-state index contributed by atoms with van der Waals surface area (Å²) in [6.07, 6.45) is 3.42. The van der Waals surface area contributed by atoms with Crippen molar-refractivity contribution in [2.45, 2.75) is 13.3 Å². The Morgan fingerprint density at radius 3 is 2.73 bits per heavy atom. The molecule has 2 heterocycles. The molecule has 0 spiro atoms. The number of benzene rings is 1. The van der Waals surface area contributed by atoms with Crippen molar-refractivity contribution in [3.8, 4) is 11.5 Å².